The maximum Gasteiger partial charge on any atom is 0.255 e. The Hall–Kier alpha value is -2.67. The summed E-state index contributed by atoms with van der Waals surface area (Å²) in [4.78, 5) is 15.4. The van der Waals surface area contributed by atoms with E-state index in [1.807, 2.05) is 19.3 Å². The average Bonchev–Trinajstić information content (AvgIpc) is 3.39. The Bertz CT molecular complexity index is 812. The van der Waals surface area contributed by atoms with E-state index in [4.69, 9.17) is 14.2 Å². The molecule has 7 heteroatoms. The number of likely N-dealkylation sites (tertiary alicyclic amines) is 1. The summed E-state index contributed by atoms with van der Waals surface area (Å²) >= 11 is 0. The zero-order valence-corrected chi connectivity index (χ0v) is 17.0. The molecule has 1 saturated heterocycles. The first-order chi connectivity index (χ1) is 13.6. The van der Waals surface area contributed by atoms with Crippen LogP contribution in [0.3, 0.4) is 0 Å². The van der Waals surface area contributed by atoms with Crippen LogP contribution in [0.2, 0.25) is 0 Å². The molecular weight excluding hydrogens is 358 g/mol. The Morgan fingerprint density at radius 3 is 2.36 bits per heavy atom. The predicted octanol–water partition coefficient (Wildman–Crippen LogP) is 2.62. The normalized spacial score (nSPS) is 15.3. The Balaban J connectivity index is 1.81. The minimum atomic E-state index is -0.198. The van der Waals surface area contributed by atoms with Crippen LogP contribution < -0.4 is 19.5 Å². The number of hydrogen-bond donors (Lipinski definition) is 1. The largest absolute Gasteiger partial charge is 0.493 e. The van der Waals surface area contributed by atoms with Gasteiger partial charge in [0.15, 0.2) is 11.5 Å². The molecule has 3 rings (SSSR count). The standard InChI is InChI=1S/C21H29N3O4/c1-23-11-7-8-16(23)17(24-12-5-6-13-24)14-22-21(25)15-9-10-18(26-2)20(28-4)19(15)27-3/h7-11,17H,5-6,12-14H2,1-4H3,(H,22,25). The highest BCUT2D eigenvalue weighted by Gasteiger charge is 2.27. The zero-order chi connectivity index (χ0) is 20.1. The van der Waals surface area contributed by atoms with E-state index in [1.54, 1.807) is 19.2 Å². The van der Waals surface area contributed by atoms with Gasteiger partial charge >= 0.3 is 0 Å². The van der Waals surface area contributed by atoms with E-state index in [-0.39, 0.29) is 11.9 Å². The number of carbonyl (C=O) groups is 1. The molecule has 0 aliphatic carbocycles. The molecule has 7 nitrogen and oxygen atoms in total. The molecule has 0 bridgehead atoms. The lowest BCUT2D eigenvalue weighted by atomic mass is 10.1. The van der Waals surface area contributed by atoms with Crippen LogP contribution in [0.1, 0.15) is 34.9 Å². The van der Waals surface area contributed by atoms with Crippen molar-refractivity contribution >= 4 is 5.91 Å². The topological polar surface area (TPSA) is 65.0 Å². The first-order valence-electron chi connectivity index (χ1n) is 9.53. The van der Waals surface area contributed by atoms with E-state index in [1.165, 1.54) is 32.8 Å². The molecule has 1 aromatic heterocycles. The Kier molecular flexibility index (Phi) is 6.46. The third-order valence-electron chi connectivity index (χ3n) is 5.31. The number of rotatable bonds is 8. The maximum absolute atomic E-state index is 13.0. The molecule has 2 aromatic rings. The molecule has 152 valence electrons. The number of nitrogens with zero attached hydrogens (tertiary/aromatic N) is 2. The molecule has 1 aromatic carbocycles. The van der Waals surface area contributed by atoms with Crippen molar-refractivity contribution in [2.24, 2.45) is 7.05 Å². The van der Waals surface area contributed by atoms with Crippen molar-refractivity contribution in [3.63, 3.8) is 0 Å². The van der Waals surface area contributed by atoms with Crippen molar-refractivity contribution in [3.05, 3.63) is 41.7 Å². The zero-order valence-electron chi connectivity index (χ0n) is 17.0. The number of nitrogens with one attached hydrogen (secondary N) is 1. The van der Waals surface area contributed by atoms with Crippen molar-refractivity contribution in [1.29, 1.82) is 0 Å². The van der Waals surface area contributed by atoms with Gasteiger partial charge in [0, 0.05) is 25.5 Å². The molecule has 1 aliphatic rings. The maximum atomic E-state index is 13.0. The van der Waals surface area contributed by atoms with Gasteiger partial charge < -0.3 is 24.1 Å². The fraction of sp³-hybridized carbons (Fsp3) is 0.476. The van der Waals surface area contributed by atoms with Crippen LogP contribution in [-0.4, -0.2) is 56.3 Å². The molecule has 1 N–H and O–H groups in total. The first-order valence-corrected chi connectivity index (χ1v) is 9.53. The SMILES string of the molecule is COc1ccc(C(=O)NCC(c2cccn2C)N2CCCC2)c(OC)c1OC. The van der Waals surface area contributed by atoms with Gasteiger partial charge in [0.1, 0.15) is 0 Å². The average molecular weight is 387 g/mol. The Morgan fingerprint density at radius 2 is 1.79 bits per heavy atom. The van der Waals surface area contributed by atoms with Gasteiger partial charge in [-0.3, -0.25) is 9.69 Å². The molecule has 1 amide bonds. The van der Waals surface area contributed by atoms with Crippen LogP contribution in [0.5, 0.6) is 17.2 Å². The van der Waals surface area contributed by atoms with Crippen molar-refractivity contribution < 1.29 is 19.0 Å². The summed E-state index contributed by atoms with van der Waals surface area (Å²) in [5.41, 5.74) is 1.62. The lowest BCUT2D eigenvalue weighted by Gasteiger charge is -2.28. The summed E-state index contributed by atoms with van der Waals surface area (Å²) < 4.78 is 18.2. The van der Waals surface area contributed by atoms with Crippen LogP contribution in [-0.2, 0) is 7.05 Å². The van der Waals surface area contributed by atoms with Crippen molar-refractivity contribution in [1.82, 2.24) is 14.8 Å². The minimum Gasteiger partial charge on any atom is -0.493 e. The van der Waals surface area contributed by atoms with Gasteiger partial charge in [0.2, 0.25) is 5.75 Å². The van der Waals surface area contributed by atoms with Gasteiger partial charge in [-0.05, 0) is 50.2 Å². The van der Waals surface area contributed by atoms with E-state index >= 15 is 0 Å². The molecule has 1 unspecified atom stereocenters. The monoisotopic (exact) mass is 387 g/mol. The highest BCUT2D eigenvalue weighted by Crippen LogP contribution is 2.39. The van der Waals surface area contributed by atoms with Crippen molar-refractivity contribution in [3.8, 4) is 17.2 Å². The van der Waals surface area contributed by atoms with Crippen LogP contribution in [0.4, 0.5) is 0 Å². The number of amides is 1. The summed E-state index contributed by atoms with van der Waals surface area (Å²) in [6.07, 6.45) is 4.42. The van der Waals surface area contributed by atoms with Gasteiger partial charge in [0.05, 0.1) is 32.9 Å². The number of ether oxygens (including phenoxy) is 3. The molecule has 0 spiro atoms. The summed E-state index contributed by atoms with van der Waals surface area (Å²) in [5.74, 6) is 1.11. The van der Waals surface area contributed by atoms with E-state index < -0.39 is 0 Å². The van der Waals surface area contributed by atoms with Crippen molar-refractivity contribution in [2.45, 2.75) is 18.9 Å². The number of aryl methyl sites for hydroxylation is 1. The van der Waals surface area contributed by atoms with E-state index in [0.29, 0.717) is 29.4 Å². The molecule has 2 heterocycles. The van der Waals surface area contributed by atoms with Gasteiger partial charge in [-0.1, -0.05) is 0 Å². The van der Waals surface area contributed by atoms with Crippen LogP contribution in [0.15, 0.2) is 30.5 Å². The van der Waals surface area contributed by atoms with Crippen LogP contribution >= 0.6 is 0 Å². The molecule has 1 aliphatic heterocycles. The lowest BCUT2D eigenvalue weighted by Crippen LogP contribution is -2.37. The van der Waals surface area contributed by atoms with Gasteiger partial charge in [0.25, 0.3) is 5.91 Å². The first kappa shape index (κ1) is 20.1. The molecule has 1 fully saturated rings. The molecule has 28 heavy (non-hydrogen) atoms. The fourth-order valence-electron chi connectivity index (χ4n) is 3.86. The van der Waals surface area contributed by atoms with Gasteiger partial charge in [-0.15, -0.1) is 0 Å². The summed E-state index contributed by atoms with van der Waals surface area (Å²) in [6.45, 7) is 2.62. The Labute approximate surface area is 166 Å². The van der Waals surface area contributed by atoms with Gasteiger partial charge in [-0.2, -0.15) is 0 Å². The fourth-order valence-corrected chi connectivity index (χ4v) is 3.86. The van der Waals surface area contributed by atoms with Crippen LogP contribution in [0, 0.1) is 0 Å². The summed E-state index contributed by atoms with van der Waals surface area (Å²) in [5, 5.41) is 3.08. The molecule has 0 saturated carbocycles. The number of aromatic nitrogens is 1. The van der Waals surface area contributed by atoms with Crippen LogP contribution in [0.25, 0.3) is 0 Å². The lowest BCUT2D eigenvalue weighted by molar-refractivity contribution is 0.0933. The number of benzene rings is 1. The predicted molar refractivity (Wildman–Crippen MR) is 107 cm³/mol. The third-order valence-corrected chi connectivity index (χ3v) is 5.31. The number of hydrogen-bond acceptors (Lipinski definition) is 5. The Morgan fingerprint density at radius 1 is 1.07 bits per heavy atom. The van der Waals surface area contributed by atoms with E-state index in [9.17, 15) is 4.79 Å². The quantitative estimate of drug-likeness (QED) is 0.754. The summed E-state index contributed by atoms with van der Waals surface area (Å²) in [6, 6.07) is 7.70. The van der Waals surface area contributed by atoms with Crippen molar-refractivity contribution in [2.75, 3.05) is 41.0 Å². The summed E-state index contributed by atoms with van der Waals surface area (Å²) in [7, 11) is 6.64. The highest BCUT2D eigenvalue weighted by molar-refractivity contribution is 5.98. The number of methoxy groups -OCH3 is 3. The van der Waals surface area contributed by atoms with Gasteiger partial charge in [-0.25, -0.2) is 0 Å². The smallest absolute Gasteiger partial charge is 0.255 e. The van der Waals surface area contributed by atoms with E-state index in [0.717, 1.165) is 13.1 Å². The molecule has 1 atom stereocenters. The second-order valence-corrected chi connectivity index (χ2v) is 6.89. The molecule has 0 radical (unpaired) electrons. The van der Waals surface area contributed by atoms with E-state index in [2.05, 4.69) is 20.9 Å². The second kappa shape index (κ2) is 9.01. The molecular formula is C21H29N3O4. The highest BCUT2D eigenvalue weighted by atomic mass is 16.5. The number of carbonyl (C=O) groups excluding carboxylic acids is 1. The second-order valence-electron chi connectivity index (χ2n) is 6.89. The minimum absolute atomic E-state index is 0.137. The third kappa shape index (κ3) is 3.94.